The van der Waals surface area contributed by atoms with E-state index in [4.69, 9.17) is 4.74 Å². The third kappa shape index (κ3) is 4.44. The smallest absolute Gasteiger partial charge is 0.151 e. The molecule has 8 aromatic carbocycles. The van der Waals surface area contributed by atoms with E-state index in [0.29, 0.717) is 0 Å². The Morgan fingerprint density at radius 1 is 0.549 bits per heavy atom. The van der Waals surface area contributed by atoms with Crippen molar-refractivity contribution in [2.24, 2.45) is 0 Å². The van der Waals surface area contributed by atoms with Crippen molar-refractivity contribution in [2.75, 3.05) is 9.80 Å². The molecule has 244 valence electrons. The van der Waals surface area contributed by atoms with Crippen LogP contribution in [-0.2, 0) is 5.41 Å². The maximum atomic E-state index is 6.54. The van der Waals surface area contributed by atoms with Gasteiger partial charge in [-0.2, -0.15) is 0 Å². The van der Waals surface area contributed by atoms with Gasteiger partial charge in [-0.05, 0) is 99.4 Å². The van der Waals surface area contributed by atoms with Crippen molar-refractivity contribution in [3.05, 3.63) is 180 Å². The minimum atomic E-state index is -0.268. The monoisotopic (exact) mass is 656 g/mol. The molecule has 0 saturated carbocycles. The molecule has 0 aliphatic carbocycles. The molecule has 2 aliphatic heterocycles. The first-order valence-corrected chi connectivity index (χ1v) is 17.7. The molecule has 8 aromatic rings. The van der Waals surface area contributed by atoms with Crippen molar-refractivity contribution in [1.82, 2.24) is 0 Å². The van der Waals surface area contributed by atoms with Gasteiger partial charge in [0.2, 0.25) is 0 Å². The summed E-state index contributed by atoms with van der Waals surface area (Å²) in [6.07, 6.45) is 0. The van der Waals surface area contributed by atoms with Crippen LogP contribution in [0.4, 0.5) is 34.1 Å². The highest BCUT2D eigenvalue weighted by atomic mass is 16.5. The van der Waals surface area contributed by atoms with Gasteiger partial charge in [-0.25, -0.2) is 0 Å². The number of para-hydroxylation sites is 2. The summed E-state index contributed by atoms with van der Waals surface area (Å²) in [6.45, 7) is 6.88. The fourth-order valence-electron chi connectivity index (χ4n) is 8.51. The van der Waals surface area contributed by atoms with E-state index in [1.54, 1.807) is 0 Å². The van der Waals surface area contributed by atoms with Crippen molar-refractivity contribution in [2.45, 2.75) is 26.2 Å². The van der Waals surface area contributed by atoms with E-state index in [1.165, 1.54) is 55.0 Å². The minimum Gasteiger partial charge on any atom is -0.453 e. The van der Waals surface area contributed by atoms with Crippen LogP contribution in [0.2, 0.25) is 0 Å². The van der Waals surface area contributed by atoms with Crippen LogP contribution >= 0.6 is 0 Å². The molecular weight excluding hydrogens is 621 g/mol. The summed E-state index contributed by atoms with van der Waals surface area (Å²) in [5, 5.41) is 4.89. The molecule has 0 N–H and O–H groups in total. The SMILES string of the molecule is Cc1cccc2c1N1c3cccc(-c4ccc(N(c5ccc6ccccc6c5)c5cccc6ccccc56)cc4)c3C(C)(C)c3cccc(c31)O2. The molecule has 0 spiro atoms. The predicted octanol–water partition coefficient (Wildman–Crippen LogP) is 13.7. The number of hydrogen-bond donors (Lipinski definition) is 0. The number of ether oxygens (including phenoxy) is 1. The van der Waals surface area contributed by atoms with E-state index in [1.807, 2.05) is 0 Å². The van der Waals surface area contributed by atoms with Gasteiger partial charge in [-0.3, -0.25) is 0 Å². The minimum absolute atomic E-state index is 0.268. The first kappa shape index (κ1) is 29.6. The summed E-state index contributed by atoms with van der Waals surface area (Å²) in [5.74, 6) is 1.79. The molecule has 0 aromatic heterocycles. The van der Waals surface area contributed by atoms with Crippen LogP contribution in [0, 0.1) is 6.92 Å². The summed E-state index contributed by atoms with van der Waals surface area (Å²) in [6, 6.07) is 59.3. The normalized spacial score (nSPS) is 13.7. The van der Waals surface area contributed by atoms with Crippen molar-refractivity contribution < 1.29 is 4.74 Å². The van der Waals surface area contributed by atoms with Gasteiger partial charge in [-0.1, -0.05) is 129 Å². The molecule has 0 fully saturated rings. The van der Waals surface area contributed by atoms with Crippen LogP contribution in [0.5, 0.6) is 11.5 Å². The molecule has 0 amide bonds. The number of hydrogen-bond acceptors (Lipinski definition) is 3. The largest absolute Gasteiger partial charge is 0.453 e. The first-order valence-electron chi connectivity index (χ1n) is 17.7. The van der Waals surface area contributed by atoms with Crippen LogP contribution in [0.3, 0.4) is 0 Å². The summed E-state index contributed by atoms with van der Waals surface area (Å²) >= 11 is 0. The number of fused-ring (bicyclic) bond motifs is 6. The molecule has 0 radical (unpaired) electrons. The number of anilines is 6. The predicted molar refractivity (Wildman–Crippen MR) is 213 cm³/mol. The van der Waals surface area contributed by atoms with Gasteiger partial charge in [0.05, 0.1) is 22.7 Å². The molecule has 3 nitrogen and oxygen atoms in total. The maximum Gasteiger partial charge on any atom is 0.151 e. The standard InChI is InChI=1S/C48H36N2O/c1-31-12-8-22-43-46(31)50-42-21-10-18-39(45(42)48(2,3)40-19-11-23-44(51-43)47(40)50)34-25-27-36(28-26-34)49(37-29-24-32-13-4-5-15-35(32)30-37)41-20-9-16-33-14-6-7-17-38(33)41/h4-30H,1-3H3. The average Bonchev–Trinajstić information content (AvgIpc) is 3.17. The lowest BCUT2D eigenvalue weighted by atomic mass is 9.70. The molecular formula is C48H36N2O. The molecule has 0 atom stereocenters. The van der Waals surface area contributed by atoms with Crippen LogP contribution in [-0.4, -0.2) is 0 Å². The van der Waals surface area contributed by atoms with Gasteiger partial charge in [-0.15, -0.1) is 0 Å². The van der Waals surface area contributed by atoms with Crippen LogP contribution in [0.1, 0.15) is 30.5 Å². The Labute approximate surface area is 298 Å². The van der Waals surface area contributed by atoms with Crippen molar-refractivity contribution in [3.63, 3.8) is 0 Å². The van der Waals surface area contributed by atoms with Gasteiger partial charge in [0.15, 0.2) is 11.5 Å². The third-order valence-corrected chi connectivity index (χ3v) is 10.9. The lowest BCUT2D eigenvalue weighted by Crippen LogP contribution is -2.33. The Morgan fingerprint density at radius 3 is 2.06 bits per heavy atom. The van der Waals surface area contributed by atoms with Crippen molar-refractivity contribution in [1.29, 1.82) is 0 Å². The highest BCUT2D eigenvalue weighted by molar-refractivity contribution is 6.01. The first-order chi connectivity index (χ1) is 25.0. The molecule has 3 heteroatoms. The van der Waals surface area contributed by atoms with Gasteiger partial charge >= 0.3 is 0 Å². The highest BCUT2D eigenvalue weighted by Gasteiger charge is 2.43. The molecule has 10 rings (SSSR count). The topological polar surface area (TPSA) is 15.7 Å². The van der Waals surface area contributed by atoms with E-state index in [0.717, 1.165) is 39.9 Å². The fourth-order valence-corrected chi connectivity index (χ4v) is 8.51. The molecule has 2 heterocycles. The lowest BCUT2D eigenvalue weighted by Gasteiger charge is -2.46. The zero-order chi connectivity index (χ0) is 34.3. The summed E-state index contributed by atoms with van der Waals surface area (Å²) in [4.78, 5) is 4.84. The Bertz CT molecular complexity index is 2670. The van der Waals surface area contributed by atoms with Crippen molar-refractivity contribution >= 4 is 55.7 Å². The van der Waals surface area contributed by atoms with Gasteiger partial charge in [0.25, 0.3) is 0 Å². The maximum absolute atomic E-state index is 6.54. The van der Waals surface area contributed by atoms with E-state index in [-0.39, 0.29) is 5.41 Å². The number of rotatable bonds is 4. The number of benzene rings is 8. The molecule has 51 heavy (non-hydrogen) atoms. The Kier molecular flexibility index (Phi) is 6.44. The van der Waals surface area contributed by atoms with Crippen molar-refractivity contribution in [3.8, 4) is 22.6 Å². The second kappa shape index (κ2) is 11.1. The summed E-state index contributed by atoms with van der Waals surface area (Å²) in [7, 11) is 0. The quantitative estimate of drug-likeness (QED) is 0.187. The fraction of sp³-hybridized carbons (Fsp3) is 0.0833. The summed E-state index contributed by atoms with van der Waals surface area (Å²) < 4.78 is 6.54. The third-order valence-electron chi connectivity index (χ3n) is 10.9. The van der Waals surface area contributed by atoms with Gasteiger partial charge < -0.3 is 14.5 Å². The molecule has 2 aliphatic rings. The molecule has 0 unspecified atom stereocenters. The Balaban J connectivity index is 1.14. The molecule has 0 saturated heterocycles. The van der Waals surface area contributed by atoms with Gasteiger partial charge in [0, 0.05) is 22.2 Å². The summed E-state index contributed by atoms with van der Waals surface area (Å²) in [5.41, 5.74) is 12.8. The number of nitrogens with zero attached hydrogens (tertiary/aromatic N) is 2. The Morgan fingerprint density at radius 2 is 1.22 bits per heavy atom. The second-order valence-corrected chi connectivity index (χ2v) is 14.2. The number of aryl methyl sites for hydroxylation is 1. The zero-order valence-corrected chi connectivity index (χ0v) is 28.9. The van der Waals surface area contributed by atoms with E-state index in [2.05, 4.69) is 194 Å². The highest BCUT2D eigenvalue weighted by Crippen LogP contribution is 2.61. The average molecular weight is 657 g/mol. The zero-order valence-electron chi connectivity index (χ0n) is 28.9. The van der Waals surface area contributed by atoms with E-state index >= 15 is 0 Å². The van der Waals surface area contributed by atoms with E-state index < -0.39 is 0 Å². The van der Waals surface area contributed by atoms with Gasteiger partial charge in [0.1, 0.15) is 0 Å². The van der Waals surface area contributed by atoms with Crippen LogP contribution < -0.4 is 14.5 Å². The molecule has 0 bridgehead atoms. The van der Waals surface area contributed by atoms with Crippen LogP contribution in [0.15, 0.2) is 164 Å². The second-order valence-electron chi connectivity index (χ2n) is 14.2. The lowest BCUT2D eigenvalue weighted by molar-refractivity contribution is 0.471. The van der Waals surface area contributed by atoms with Crippen LogP contribution in [0.25, 0.3) is 32.7 Å². The Hall–Kier alpha value is -6.32. The van der Waals surface area contributed by atoms with E-state index in [9.17, 15) is 0 Å².